The molecule has 1 saturated carbocycles. The molecule has 2 aliphatic carbocycles. The summed E-state index contributed by atoms with van der Waals surface area (Å²) in [5.74, 6) is 0.143. The van der Waals surface area contributed by atoms with E-state index in [9.17, 15) is 9.59 Å². The summed E-state index contributed by atoms with van der Waals surface area (Å²) >= 11 is 0. The number of amides is 3. The Labute approximate surface area is 132 Å². The summed E-state index contributed by atoms with van der Waals surface area (Å²) in [5.41, 5.74) is 0. The smallest absolute Gasteiger partial charge is 0.318 e. The number of nitrogens with one attached hydrogen (secondary N) is 1. The molecule has 0 unspecified atom stereocenters. The molecule has 2 fully saturated rings. The lowest BCUT2D eigenvalue weighted by atomic mass is 10.0. The third-order valence-corrected chi connectivity index (χ3v) is 5.00. The molecule has 0 spiro atoms. The molecule has 1 heterocycles. The molecule has 0 aromatic carbocycles. The molecule has 3 rings (SSSR count). The van der Waals surface area contributed by atoms with E-state index in [4.69, 9.17) is 0 Å². The standard InChI is InChI=1S/C17H27N3O2/c1-13(21)20(15-9-10-15)12-16-8-5-11-19(16)17(22)18-14-6-3-2-4-7-14/h3,6,14-16H,2,4-5,7-12H2,1H3,(H,18,22)/t14-,16+/m1/s1. The fourth-order valence-corrected chi connectivity index (χ4v) is 3.62. The van der Waals surface area contributed by atoms with E-state index in [1.807, 2.05) is 9.80 Å². The van der Waals surface area contributed by atoms with Crippen LogP contribution >= 0.6 is 0 Å². The molecule has 122 valence electrons. The number of allylic oxidation sites excluding steroid dienone is 1. The van der Waals surface area contributed by atoms with Crippen LogP contribution in [0.3, 0.4) is 0 Å². The maximum absolute atomic E-state index is 12.5. The highest BCUT2D eigenvalue weighted by Gasteiger charge is 2.36. The molecular formula is C17H27N3O2. The number of urea groups is 1. The van der Waals surface area contributed by atoms with Crippen molar-refractivity contribution < 1.29 is 9.59 Å². The highest BCUT2D eigenvalue weighted by Crippen LogP contribution is 2.29. The minimum atomic E-state index is 0.0401. The van der Waals surface area contributed by atoms with Crippen molar-refractivity contribution in [1.82, 2.24) is 15.1 Å². The summed E-state index contributed by atoms with van der Waals surface area (Å²) in [6.07, 6.45) is 11.8. The zero-order valence-electron chi connectivity index (χ0n) is 13.5. The maximum Gasteiger partial charge on any atom is 0.318 e. The summed E-state index contributed by atoms with van der Waals surface area (Å²) < 4.78 is 0. The summed E-state index contributed by atoms with van der Waals surface area (Å²) in [7, 11) is 0. The first-order chi connectivity index (χ1) is 10.6. The highest BCUT2D eigenvalue weighted by molar-refractivity contribution is 5.76. The minimum Gasteiger partial charge on any atom is -0.338 e. The predicted octanol–water partition coefficient (Wildman–Crippen LogP) is 2.28. The van der Waals surface area contributed by atoms with Crippen molar-refractivity contribution in [2.24, 2.45) is 0 Å². The Morgan fingerprint density at radius 1 is 1.23 bits per heavy atom. The van der Waals surface area contributed by atoms with Crippen LogP contribution in [0.4, 0.5) is 4.79 Å². The molecule has 0 aromatic rings. The monoisotopic (exact) mass is 305 g/mol. The third-order valence-electron chi connectivity index (χ3n) is 5.00. The Morgan fingerprint density at radius 3 is 2.68 bits per heavy atom. The van der Waals surface area contributed by atoms with Crippen molar-refractivity contribution in [2.75, 3.05) is 13.1 Å². The Bertz CT molecular complexity index is 459. The van der Waals surface area contributed by atoms with Gasteiger partial charge in [0.05, 0.1) is 6.04 Å². The van der Waals surface area contributed by atoms with Gasteiger partial charge in [0.25, 0.3) is 0 Å². The SMILES string of the molecule is CC(=O)N(C[C@@H]1CCCN1C(=O)N[C@@H]1C=CCCC1)C1CC1. The fourth-order valence-electron chi connectivity index (χ4n) is 3.62. The second kappa shape index (κ2) is 6.71. The van der Waals surface area contributed by atoms with E-state index in [-0.39, 0.29) is 24.0 Å². The van der Waals surface area contributed by atoms with Gasteiger partial charge in [-0.05, 0) is 44.9 Å². The van der Waals surface area contributed by atoms with E-state index < -0.39 is 0 Å². The predicted molar refractivity (Wildman–Crippen MR) is 85.4 cm³/mol. The zero-order chi connectivity index (χ0) is 15.5. The van der Waals surface area contributed by atoms with Gasteiger partial charge in [0.2, 0.25) is 5.91 Å². The quantitative estimate of drug-likeness (QED) is 0.810. The first-order valence-electron chi connectivity index (χ1n) is 8.66. The van der Waals surface area contributed by atoms with Crippen LogP contribution in [0.2, 0.25) is 0 Å². The number of carbonyl (C=O) groups excluding carboxylic acids is 2. The summed E-state index contributed by atoms with van der Waals surface area (Å²) in [5, 5.41) is 3.13. The Hall–Kier alpha value is -1.52. The normalized spacial score (nSPS) is 27.8. The van der Waals surface area contributed by atoms with Crippen LogP contribution in [0.15, 0.2) is 12.2 Å². The largest absolute Gasteiger partial charge is 0.338 e. The van der Waals surface area contributed by atoms with Crippen molar-refractivity contribution in [3.8, 4) is 0 Å². The van der Waals surface area contributed by atoms with E-state index in [1.165, 1.54) is 0 Å². The van der Waals surface area contributed by atoms with Gasteiger partial charge in [-0.3, -0.25) is 4.79 Å². The van der Waals surface area contributed by atoms with Gasteiger partial charge in [-0.1, -0.05) is 12.2 Å². The average Bonchev–Trinajstić information content (AvgIpc) is 3.23. The van der Waals surface area contributed by atoms with Crippen molar-refractivity contribution >= 4 is 11.9 Å². The first kappa shape index (κ1) is 15.4. The molecule has 3 aliphatic rings. The number of carbonyl (C=O) groups is 2. The topological polar surface area (TPSA) is 52.7 Å². The van der Waals surface area contributed by atoms with Crippen LogP contribution in [0.5, 0.6) is 0 Å². The van der Waals surface area contributed by atoms with Crippen LogP contribution in [0.25, 0.3) is 0 Å². The van der Waals surface area contributed by atoms with Crippen LogP contribution in [0, 0.1) is 0 Å². The van der Waals surface area contributed by atoms with Gasteiger partial charge >= 0.3 is 6.03 Å². The van der Waals surface area contributed by atoms with E-state index in [0.29, 0.717) is 12.6 Å². The molecule has 3 amide bonds. The van der Waals surface area contributed by atoms with E-state index in [2.05, 4.69) is 17.5 Å². The molecule has 0 aromatic heterocycles. The molecule has 1 N–H and O–H groups in total. The van der Waals surface area contributed by atoms with E-state index in [0.717, 1.165) is 51.5 Å². The average molecular weight is 305 g/mol. The van der Waals surface area contributed by atoms with Crippen LogP contribution in [0.1, 0.15) is 51.9 Å². The van der Waals surface area contributed by atoms with Crippen molar-refractivity contribution in [3.63, 3.8) is 0 Å². The highest BCUT2D eigenvalue weighted by atomic mass is 16.2. The minimum absolute atomic E-state index is 0.0401. The summed E-state index contributed by atoms with van der Waals surface area (Å²) in [4.78, 5) is 28.3. The molecule has 5 heteroatoms. The van der Waals surface area contributed by atoms with Crippen LogP contribution in [-0.2, 0) is 4.79 Å². The van der Waals surface area contributed by atoms with Gasteiger partial charge in [0.15, 0.2) is 0 Å². The molecular weight excluding hydrogens is 278 g/mol. The van der Waals surface area contributed by atoms with Gasteiger partial charge in [-0.2, -0.15) is 0 Å². The lowest BCUT2D eigenvalue weighted by molar-refractivity contribution is -0.130. The lowest BCUT2D eigenvalue weighted by Crippen LogP contribution is -2.50. The number of hydrogen-bond acceptors (Lipinski definition) is 2. The van der Waals surface area contributed by atoms with Crippen molar-refractivity contribution in [3.05, 3.63) is 12.2 Å². The second-order valence-electron chi connectivity index (χ2n) is 6.81. The number of nitrogens with zero attached hydrogens (tertiary/aromatic N) is 2. The maximum atomic E-state index is 12.5. The van der Waals surface area contributed by atoms with E-state index in [1.54, 1.807) is 6.92 Å². The molecule has 1 saturated heterocycles. The van der Waals surface area contributed by atoms with Crippen LogP contribution in [-0.4, -0.2) is 53.0 Å². The Morgan fingerprint density at radius 2 is 2.05 bits per heavy atom. The number of rotatable bonds is 4. The molecule has 0 radical (unpaired) electrons. The summed E-state index contributed by atoms with van der Waals surface area (Å²) in [6.45, 7) is 3.15. The van der Waals surface area contributed by atoms with Gasteiger partial charge < -0.3 is 15.1 Å². The van der Waals surface area contributed by atoms with Gasteiger partial charge in [0, 0.05) is 32.1 Å². The van der Waals surface area contributed by atoms with Crippen molar-refractivity contribution in [2.45, 2.75) is 70.0 Å². The third kappa shape index (κ3) is 3.62. The second-order valence-corrected chi connectivity index (χ2v) is 6.81. The fraction of sp³-hybridized carbons (Fsp3) is 0.765. The van der Waals surface area contributed by atoms with Crippen LogP contribution < -0.4 is 5.32 Å². The van der Waals surface area contributed by atoms with Gasteiger partial charge in [0.1, 0.15) is 0 Å². The Kier molecular flexibility index (Phi) is 4.69. The lowest BCUT2D eigenvalue weighted by Gasteiger charge is -2.31. The summed E-state index contributed by atoms with van der Waals surface area (Å²) in [6, 6.07) is 0.814. The van der Waals surface area contributed by atoms with Gasteiger partial charge in [-0.15, -0.1) is 0 Å². The molecule has 1 aliphatic heterocycles. The van der Waals surface area contributed by atoms with E-state index >= 15 is 0 Å². The first-order valence-corrected chi connectivity index (χ1v) is 8.66. The molecule has 5 nitrogen and oxygen atoms in total. The van der Waals surface area contributed by atoms with Crippen molar-refractivity contribution in [1.29, 1.82) is 0 Å². The Balaban J connectivity index is 1.57. The van der Waals surface area contributed by atoms with Gasteiger partial charge in [-0.25, -0.2) is 4.79 Å². The zero-order valence-corrected chi connectivity index (χ0v) is 13.5. The number of likely N-dealkylation sites (tertiary alicyclic amines) is 1. The molecule has 2 atom stereocenters. The molecule has 0 bridgehead atoms. The number of hydrogen-bond donors (Lipinski definition) is 1. The molecule has 22 heavy (non-hydrogen) atoms.